The lowest BCUT2D eigenvalue weighted by Crippen LogP contribution is -2.40. The number of carboxylic acids is 1. The molecule has 0 aromatic carbocycles. The van der Waals surface area contributed by atoms with Gasteiger partial charge in [0.05, 0.1) is 6.42 Å². The molecule has 0 unspecified atom stereocenters. The Hall–Kier alpha value is -1.62. The molecule has 2 amide bonds. The van der Waals surface area contributed by atoms with Crippen molar-refractivity contribution in [3.8, 4) is 0 Å². The Morgan fingerprint density at radius 1 is 0.771 bits per heavy atom. The molecular formula is C24H40N2O7S2. The number of hydrogen-bond donors (Lipinski definition) is 3. The second-order valence-corrected chi connectivity index (χ2v) is 12.4. The van der Waals surface area contributed by atoms with E-state index in [9.17, 15) is 24.3 Å². The van der Waals surface area contributed by atoms with Gasteiger partial charge in [-0.1, -0.05) is 60.1 Å². The summed E-state index contributed by atoms with van der Waals surface area (Å²) in [4.78, 5) is 46.2. The van der Waals surface area contributed by atoms with Gasteiger partial charge >= 0.3 is 18.2 Å². The number of carbonyl (C=O) groups excluding carboxylic acids is 3. The number of rotatable bonds is 15. The number of aliphatic carboxylic acids is 1. The van der Waals surface area contributed by atoms with Crippen LogP contribution in [0.1, 0.15) is 77.0 Å². The Balaban J connectivity index is 1.48. The van der Waals surface area contributed by atoms with Crippen molar-refractivity contribution in [1.29, 1.82) is 0 Å². The molecule has 200 valence electrons. The molecule has 0 aromatic rings. The molecule has 0 radical (unpaired) electrons. The van der Waals surface area contributed by atoms with E-state index < -0.39 is 18.2 Å². The zero-order chi connectivity index (χ0) is 25.4. The fourth-order valence-electron chi connectivity index (χ4n) is 5.05. The summed E-state index contributed by atoms with van der Waals surface area (Å²) in [6.07, 6.45) is 10.5. The molecule has 0 aliphatic heterocycles. The first-order valence-electron chi connectivity index (χ1n) is 12.6. The van der Waals surface area contributed by atoms with Crippen LogP contribution in [0.15, 0.2) is 0 Å². The van der Waals surface area contributed by atoms with Gasteiger partial charge in [0.15, 0.2) is 0 Å². The minimum atomic E-state index is -0.831. The van der Waals surface area contributed by atoms with Gasteiger partial charge < -0.3 is 30.0 Å². The molecule has 0 bridgehead atoms. The first kappa shape index (κ1) is 29.6. The lowest BCUT2D eigenvalue weighted by atomic mass is 9.72. The molecule has 9 nitrogen and oxygen atoms in total. The molecule has 2 fully saturated rings. The van der Waals surface area contributed by atoms with E-state index >= 15 is 0 Å². The molecule has 2 saturated carbocycles. The van der Waals surface area contributed by atoms with Crippen molar-refractivity contribution in [3.05, 3.63) is 0 Å². The molecule has 0 spiro atoms. The van der Waals surface area contributed by atoms with Crippen LogP contribution in [0, 0.1) is 10.8 Å². The van der Waals surface area contributed by atoms with Gasteiger partial charge in [0.2, 0.25) is 0 Å². The van der Waals surface area contributed by atoms with Crippen LogP contribution in [-0.4, -0.2) is 67.4 Å². The van der Waals surface area contributed by atoms with Gasteiger partial charge in [-0.25, -0.2) is 9.59 Å². The molecule has 35 heavy (non-hydrogen) atoms. The summed E-state index contributed by atoms with van der Waals surface area (Å²) < 4.78 is 10.4. The number of alkyl carbamates (subject to hydrolysis) is 2. The SMILES string of the molecule is O=CCC1(CNC(=O)OCCSSCCOC(=O)NCC2(CC(=O)O)CCCCC2)CCCCC1. The van der Waals surface area contributed by atoms with Crippen LogP contribution in [0.2, 0.25) is 0 Å². The summed E-state index contributed by atoms with van der Waals surface area (Å²) in [7, 11) is 3.06. The Labute approximate surface area is 216 Å². The molecule has 2 rings (SSSR count). The Morgan fingerprint density at radius 2 is 1.23 bits per heavy atom. The van der Waals surface area contributed by atoms with Gasteiger partial charge in [-0.2, -0.15) is 0 Å². The van der Waals surface area contributed by atoms with Crippen LogP contribution in [0.5, 0.6) is 0 Å². The zero-order valence-corrected chi connectivity index (χ0v) is 22.2. The van der Waals surface area contributed by atoms with Gasteiger partial charge in [0, 0.05) is 31.0 Å². The Kier molecular flexibility index (Phi) is 13.7. The number of carboxylic acid groups (broad SMARTS) is 1. The molecule has 2 aliphatic carbocycles. The third kappa shape index (κ3) is 11.8. The van der Waals surface area contributed by atoms with E-state index in [1.807, 2.05) is 0 Å². The van der Waals surface area contributed by atoms with Crippen molar-refractivity contribution in [3.63, 3.8) is 0 Å². The van der Waals surface area contributed by atoms with E-state index in [1.165, 1.54) is 28.0 Å². The third-order valence-electron chi connectivity index (χ3n) is 6.97. The maximum atomic E-state index is 12.0. The van der Waals surface area contributed by atoms with Gasteiger partial charge in [0.25, 0.3) is 0 Å². The minimum absolute atomic E-state index is 0.0689. The first-order chi connectivity index (χ1) is 16.9. The topological polar surface area (TPSA) is 131 Å². The van der Waals surface area contributed by atoms with Gasteiger partial charge in [-0.15, -0.1) is 0 Å². The van der Waals surface area contributed by atoms with Crippen molar-refractivity contribution >= 4 is 46.0 Å². The molecule has 0 atom stereocenters. The zero-order valence-electron chi connectivity index (χ0n) is 20.5. The summed E-state index contributed by atoms with van der Waals surface area (Å²) in [5.41, 5.74) is -0.491. The largest absolute Gasteiger partial charge is 0.481 e. The summed E-state index contributed by atoms with van der Waals surface area (Å²) >= 11 is 0. The maximum absolute atomic E-state index is 12.0. The van der Waals surface area contributed by atoms with Gasteiger partial charge in [-0.05, 0) is 36.5 Å². The van der Waals surface area contributed by atoms with Crippen LogP contribution in [0.3, 0.4) is 0 Å². The Bertz CT molecular complexity index is 681. The van der Waals surface area contributed by atoms with E-state index in [-0.39, 0.29) is 30.5 Å². The predicted molar refractivity (Wildman–Crippen MR) is 138 cm³/mol. The summed E-state index contributed by atoms with van der Waals surface area (Å²) in [5, 5.41) is 14.8. The standard InChI is InChI=1S/C24H40N2O7S2/c27-12-11-23(7-3-1-4-8-23)18-25-21(30)32-13-15-34-35-16-14-33-22(31)26-19-24(17-20(28)29)9-5-2-6-10-24/h12H,1-11,13-19H2,(H,25,30)(H,26,31)(H,28,29). The van der Waals surface area contributed by atoms with E-state index in [4.69, 9.17) is 9.47 Å². The van der Waals surface area contributed by atoms with Crippen molar-refractivity contribution in [2.75, 3.05) is 37.8 Å². The van der Waals surface area contributed by atoms with Crippen LogP contribution >= 0.6 is 21.6 Å². The van der Waals surface area contributed by atoms with Crippen molar-refractivity contribution in [2.24, 2.45) is 10.8 Å². The highest BCUT2D eigenvalue weighted by molar-refractivity contribution is 8.76. The smallest absolute Gasteiger partial charge is 0.407 e. The lowest BCUT2D eigenvalue weighted by Gasteiger charge is -2.36. The maximum Gasteiger partial charge on any atom is 0.407 e. The van der Waals surface area contributed by atoms with Crippen molar-refractivity contribution < 1.29 is 33.8 Å². The molecule has 0 aromatic heterocycles. The second kappa shape index (κ2) is 16.2. The highest BCUT2D eigenvalue weighted by Gasteiger charge is 2.35. The van der Waals surface area contributed by atoms with E-state index in [0.29, 0.717) is 31.0 Å². The highest BCUT2D eigenvalue weighted by atomic mass is 33.1. The molecular weight excluding hydrogens is 492 g/mol. The first-order valence-corrected chi connectivity index (χ1v) is 15.1. The fourth-order valence-corrected chi connectivity index (χ4v) is 6.70. The molecule has 3 N–H and O–H groups in total. The summed E-state index contributed by atoms with van der Waals surface area (Å²) in [6, 6.07) is 0. The van der Waals surface area contributed by atoms with Crippen molar-refractivity contribution in [2.45, 2.75) is 77.0 Å². The van der Waals surface area contributed by atoms with E-state index in [2.05, 4.69) is 10.6 Å². The van der Waals surface area contributed by atoms with Crippen LogP contribution in [-0.2, 0) is 19.1 Å². The average molecular weight is 533 g/mol. The number of amides is 2. The molecule has 11 heteroatoms. The number of aldehydes is 1. The van der Waals surface area contributed by atoms with Crippen LogP contribution in [0.25, 0.3) is 0 Å². The summed E-state index contributed by atoms with van der Waals surface area (Å²) in [6.45, 7) is 1.33. The highest BCUT2D eigenvalue weighted by Crippen LogP contribution is 2.39. The summed E-state index contributed by atoms with van der Waals surface area (Å²) in [5.74, 6) is 0.378. The normalized spacial score (nSPS) is 18.7. The second-order valence-electron chi connectivity index (χ2n) is 9.69. The minimum Gasteiger partial charge on any atom is -0.481 e. The van der Waals surface area contributed by atoms with Gasteiger partial charge in [0.1, 0.15) is 19.5 Å². The monoisotopic (exact) mass is 532 g/mol. The molecule has 0 heterocycles. The fraction of sp³-hybridized carbons (Fsp3) is 0.833. The van der Waals surface area contributed by atoms with Crippen LogP contribution < -0.4 is 10.6 Å². The Morgan fingerprint density at radius 3 is 1.69 bits per heavy atom. The molecule has 2 aliphatic rings. The number of carbonyl (C=O) groups is 4. The average Bonchev–Trinajstić information content (AvgIpc) is 2.84. The van der Waals surface area contributed by atoms with Crippen molar-refractivity contribution in [1.82, 2.24) is 10.6 Å². The third-order valence-corrected chi connectivity index (χ3v) is 9.30. The van der Waals surface area contributed by atoms with E-state index in [0.717, 1.165) is 64.1 Å². The predicted octanol–water partition coefficient (Wildman–Crippen LogP) is 4.78. The number of nitrogens with one attached hydrogen (secondary N) is 2. The van der Waals surface area contributed by atoms with Crippen LogP contribution in [0.4, 0.5) is 9.59 Å². The lowest BCUT2D eigenvalue weighted by molar-refractivity contribution is -0.140. The number of hydrogen-bond acceptors (Lipinski definition) is 8. The van der Waals surface area contributed by atoms with E-state index in [1.54, 1.807) is 0 Å². The molecule has 0 saturated heterocycles. The number of ether oxygens (including phenoxy) is 2. The quantitative estimate of drug-likeness (QED) is 0.155. The van der Waals surface area contributed by atoms with Gasteiger partial charge in [-0.3, -0.25) is 4.79 Å².